The standard InChI is InChI=1S/C15H17FN2O2/c16-14-8-13(4-3-12(14)2-1-6-17)15(19)18-9-11-5-7-20-10-11/h3-4,8,11H,5-7,9-10,17H2,(H,18,19). The number of ether oxygens (including phenoxy) is 1. The molecule has 1 heterocycles. The highest BCUT2D eigenvalue weighted by molar-refractivity contribution is 5.94. The van der Waals surface area contributed by atoms with Crippen molar-refractivity contribution in [2.75, 3.05) is 26.3 Å². The molecule has 0 radical (unpaired) electrons. The Morgan fingerprint density at radius 3 is 3.05 bits per heavy atom. The second kappa shape index (κ2) is 7.04. The topological polar surface area (TPSA) is 64.4 Å². The Labute approximate surface area is 117 Å². The second-order valence-corrected chi connectivity index (χ2v) is 4.64. The Morgan fingerprint density at radius 2 is 2.40 bits per heavy atom. The van der Waals surface area contributed by atoms with Gasteiger partial charge in [0.15, 0.2) is 0 Å². The van der Waals surface area contributed by atoms with Crippen LogP contribution in [0.15, 0.2) is 18.2 Å². The number of hydrogen-bond acceptors (Lipinski definition) is 3. The Bertz CT molecular complexity index is 543. The number of carbonyl (C=O) groups excluding carboxylic acids is 1. The van der Waals surface area contributed by atoms with Gasteiger partial charge in [-0.3, -0.25) is 4.79 Å². The molecule has 1 aromatic carbocycles. The van der Waals surface area contributed by atoms with Crippen molar-refractivity contribution in [2.45, 2.75) is 6.42 Å². The molecule has 4 nitrogen and oxygen atoms in total. The van der Waals surface area contributed by atoms with Gasteiger partial charge in [-0.25, -0.2) is 4.39 Å². The third-order valence-corrected chi connectivity index (χ3v) is 3.13. The molecule has 1 aliphatic heterocycles. The summed E-state index contributed by atoms with van der Waals surface area (Å²) in [5.74, 6) is 4.75. The zero-order chi connectivity index (χ0) is 14.4. The molecule has 0 aliphatic carbocycles. The highest BCUT2D eigenvalue weighted by Crippen LogP contribution is 2.12. The monoisotopic (exact) mass is 276 g/mol. The third-order valence-electron chi connectivity index (χ3n) is 3.13. The van der Waals surface area contributed by atoms with Crippen LogP contribution in [0.5, 0.6) is 0 Å². The van der Waals surface area contributed by atoms with Gasteiger partial charge in [0, 0.05) is 24.6 Å². The Morgan fingerprint density at radius 1 is 1.55 bits per heavy atom. The van der Waals surface area contributed by atoms with Crippen molar-refractivity contribution in [1.29, 1.82) is 0 Å². The summed E-state index contributed by atoms with van der Waals surface area (Å²) in [7, 11) is 0. The van der Waals surface area contributed by atoms with Crippen molar-refractivity contribution < 1.29 is 13.9 Å². The SMILES string of the molecule is NCC#Cc1ccc(C(=O)NCC2CCOC2)cc1F. The van der Waals surface area contributed by atoms with E-state index in [4.69, 9.17) is 10.5 Å². The molecule has 5 heteroatoms. The first-order chi connectivity index (χ1) is 9.70. The molecule has 1 aromatic rings. The van der Waals surface area contributed by atoms with Gasteiger partial charge in [-0.15, -0.1) is 0 Å². The molecule has 1 unspecified atom stereocenters. The van der Waals surface area contributed by atoms with E-state index in [9.17, 15) is 9.18 Å². The maximum atomic E-state index is 13.7. The van der Waals surface area contributed by atoms with E-state index in [2.05, 4.69) is 17.2 Å². The van der Waals surface area contributed by atoms with E-state index in [1.807, 2.05) is 0 Å². The molecule has 1 fully saturated rings. The summed E-state index contributed by atoms with van der Waals surface area (Å²) in [6.07, 6.45) is 0.947. The minimum atomic E-state index is -0.511. The molecule has 20 heavy (non-hydrogen) atoms. The molecular formula is C15H17FN2O2. The van der Waals surface area contributed by atoms with E-state index in [0.717, 1.165) is 13.0 Å². The van der Waals surface area contributed by atoms with Gasteiger partial charge >= 0.3 is 0 Å². The van der Waals surface area contributed by atoms with Crippen molar-refractivity contribution in [2.24, 2.45) is 11.7 Å². The zero-order valence-electron chi connectivity index (χ0n) is 11.1. The lowest BCUT2D eigenvalue weighted by molar-refractivity contribution is 0.0944. The highest BCUT2D eigenvalue weighted by Gasteiger charge is 2.17. The molecule has 0 bridgehead atoms. The van der Waals surface area contributed by atoms with Crippen molar-refractivity contribution in [3.05, 3.63) is 35.1 Å². The Kier molecular flexibility index (Phi) is 5.10. The summed E-state index contributed by atoms with van der Waals surface area (Å²) >= 11 is 0. The molecule has 1 atom stereocenters. The van der Waals surface area contributed by atoms with E-state index in [1.165, 1.54) is 12.1 Å². The maximum Gasteiger partial charge on any atom is 0.251 e. The fourth-order valence-corrected chi connectivity index (χ4v) is 1.99. The third kappa shape index (κ3) is 3.80. The second-order valence-electron chi connectivity index (χ2n) is 4.64. The first-order valence-electron chi connectivity index (χ1n) is 6.55. The fourth-order valence-electron chi connectivity index (χ4n) is 1.99. The number of rotatable bonds is 3. The summed E-state index contributed by atoms with van der Waals surface area (Å²) in [6.45, 7) is 2.13. The predicted octanol–water partition coefficient (Wildman–Crippen LogP) is 0.902. The van der Waals surface area contributed by atoms with Crippen LogP contribution in [0.1, 0.15) is 22.3 Å². The quantitative estimate of drug-likeness (QED) is 0.806. The number of benzene rings is 1. The van der Waals surface area contributed by atoms with Crippen molar-refractivity contribution in [1.82, 2.24) is 5.32 Å². The number of halogens is 1. The number of nitrogens with one attached hydrogen (secondary N) is 1. The summed E-state index contributed by atoms with van der Waals surface area (Å²) < 4.78 is 19.0. The first kappa shape index (κ1) is 14.5. The van der Waals surface area contributed by atoms with Crippen LogP contribution in [0.25, 0.3) is 0 Å². The summed E-state index contributed by atoms with van der Waals surface area (Å²) in [5, 5.41) is 2.79. The van der Waals surface area contributed by atoms with Gasteiger partial charge in [-0.05, 0) is 24.6 Å². The largest absolute Gasteiger partial charge is 0.381 e. The molecule has 106 valence electrons. The van der Waals surface area contributed by atoms with Gasteiger partial charge < -0.3 is 15.8 Å². The van der Waals surface area contributed by atoms with Gasteiger partial charge in [0.25, 0.3) is 5.91 Å². The predicted molar refractivity (Wildman–Crippen MR) is 73.6 cm³/mol. The van der Waals surface area contributed by atoms with Crippen molar-refractivity contribution in [3.63, 3.8) is 0 Å². The van der Waals surface area contributed by atoms with Crippen LogP contribution in [0.4, 0.5) is 4.39 Å². The molecule has 1 saturated heterocycles. The number of hydrogen-bond donors (Lipinski definition) is 2. The number of amides is 1. The van der Waals surface area contributed by atoms with Gasteiger partial charge in [-0.2, -0.15) is 0 Å². The molecule has 1 amide bonds. The van der Waals surface area contributed by atoms with Crippen LogP contribution in [-0.4, -0.2) is 32.2 Å². The smallest absolute Gasteiger partial charge is 0.251 e. The average molecular weight is 276 g/mol. The lowest BCUT2D eigenvalue weighted by Gasteiger charge is -2.09. The van der Waals surface area contributed by atoms with Gasteiger partial charge in [0.2, 0.25) is 0 Å². The normalized spacial score (nSPS) is 17.4. The molecule has 2 rings (SSSR count). The van der Waals surface area contributed by atoms with Crippen LogP contribution in [0, 0.1) is 23.6 Å². The van der Waals surface area contributed by atoms with Crippen LogP contribution in [-0.2, 0) is 4.74 Å². The summed E-state index contributed by atoms with van der Waals surface area (Å²) in [4.78, 5) is 11.9. The van der Waals surface area contributed by atoms with E-state index < -0.39 is 5.82 Å². The molecule has 3 N–H and O–H groups in total. The Balaban J connectivity index is 1.97. The van der Waals surface area contributed by atoms with E-state index >= 15 is 0 Å². The lowest BCUT2D eigenvalue weighted by Crippen LogP contribution is -2.29. The molecule has 0 saturated carbocycles. The minimum absolute atomic E-state index is 0.172. The van der Waals surface area contributed by atoms with E-state index in [1.54, 1.807) is 6.07 Å². The first-order valence-corrected chi connectivity index (χ1v) is 6.55. The van der Waals surface area contributed by atoms with E-state index in [0.29, 0.717) is 24.6 Å². The fraction of sp³-hybridized carbons (Fsp3) is 0.400. The summed E-state index contributed by atoms with van der Waals surface area (Å²) in [5.41, 5.74) is 5.77. The maximum absolute atomic E-state index is 13.7. The van der Waals surface area contributed by atoms with Crippen LogP contribution in [0.2, 0.25) is 0 Å². The number of carbonyl (C=O) groups is 1. The average Bonchev–Trinajstić information content (AvgIpc) is 2.96. The van der Waals surface area contributed by atoms with Crippen molar-refractivity contribution in [3.8, 4) is 11.8 Å². The lowest BCUT2D eigenvalue weighted by atomic mass is 10.1. The molecule has 0 aromatic heterocycles. The zero-order valence-corrected chi connectivity index (χ0v) is 11.1. The van der Waals surface area contributed by atoms with Gasteiger partial charge in [-0.1, -0.05) is 11.8 Å². The van der Waals surface area contributed by atoms with Crippen LogP contribution in [0.3, 0.4) is 0 Å². The number of nitrogens with two attached hydrogens (primary N) is 1. The van der Waals surface area contributed by atoms with Gasteiger partial charge in [0.1, 0.15) is 5.82 Å². The highest BCUT2D eigenvalue weighted by atomic mass is 19.1. The summed E-state index contributed by atoms with van der Waals surface area (Å²) in [6, 6.07) is 4.25. The van der Waals surface area contributed by atoms with Crippen LogP contribution >= 0.6 is 0 Å². The Hall–Kier alpha value is -1.90. The minimum Gasteiger partial charge on any atom is -0.381 e. The molecule has 0 spiro atoms. The van der Waals surface area contributed by atoms with E-state index in [-0.39, 0.29) is 18.0 Å². The van der Waals surface area contributed by atoms with Crippen LogP contribution < -0.4 is 11.1 Å². The van der Waals surface area contributed by atoms with Gasteiger partial charge in [0.05, 0.1) is 18.7 Å². The van der Waals surface area contributed by atoms with Crippen molar-refractivity contribution >= 4 is 5.91 Å². The molecule has 1 aliphatic rings. The molecular weight excluding hydrogens is 259 g/mol.